The van der Waals surface area contributed by atoms with Crippen molar-refractivity contribution in [2.75, 3.05) is 14.2 Å². The number of fused-ring (bicyclic) bond motifs is 1. The van der Waals surface area contributed by atoms with Gasteiger partial charge in [0.2, 0.25) is 0 Å². The zero-order chi connectivity index (χ0) is 11.7. The first-order valence-electron chi connectivity index (χ1n) is 4.67. The lowest BCUT2D eigenvalue weighted by Crippen LogP contribution is -2.26. The molecule has 0 spiro atoms. The Kier molecular flexibility index (Phi) is 3.04. The van der Waals surface area contributed by atoms with E-state index in [2.05, 4.69) is 0 Å². The Bertz CT molecular complexity index is 468. The molecule has 84 valence electrons. The number of hydrogen-bond acceptors (Lipinski definition) is 5. The van der Waals surface area contributed by atoms with Crippen molar-refractivity contribution in [3.05, 3.63) is 18.2 Å². The van der Waals surface area contributed by atoms with Crippen molar-refractivity contribution in [2.45, 2.75) is 0 Å². The van der Waals surface area contributed by atoms with Gasteiger partial charge in [-0.15, -0.1) is 11.3 Å². The molecule has 0 saturated heterocycles. The van der Waals surface area contributed by atoms with Gasteiger partial charge in [-0.3, -0.25) is 0 Å². The van der Waals surface area contributed by atoms with Gasteiger partial charge in [0.25, 0.3) is 0 Å². The van der Waals surface area contributed by atoms with Gasteiger partial charge < -0.3 is 19.5 Å². The Balaban J connectivity index is 2.60. The summed E-state index contributed by atoms with van der Waals surface area (Å²) in [7, 11) is 1.70. The topological polar surface area (TPSA) is 58.9 Å². The molecule has 1 aromatic carbocycles. The highest BCUT2D eigenvalue weighted by Gasteiger charge is 2.16. The van der Waals surface area contributed by atoms with E-state index in [1.807, 2.05) is 12.1 Å². The average Bonchev–Trinajstić information content (AvgIpc) is 2.69. The Labute approximate surface area is 97.2 Å². The van der Waals surface area contributed by atoms with E-state index in [0.29, 0.717) is 16.3 Å². The van der Waals surface area contributed by atoms with Gasteiger partial charge >= 0.3 is 7.12 Å². The number of ether oxygens (including phenoxy) is 2. The Morgan fingerprint density at radius 3 is 2.25 bits per heavy atom. The lowest BCUT2D eigenvalue weighted by atomic mass is 9.89. The normalized spacial score (nSPS) is 10.5. The van der Waals surface area contributed by atoms with Crippen LogP contribution in [0.2, 0.25) is 0 Å². The molecule has 1 heterocycles. The minimum absolute atomic E-state index is 0.505. The molecule has 2 rings (SSSR count). The summed E-state index contributed by atoms with van der Waals surface area (Å²) in [5.41, 5.74) is 0. The minimum atomic E-state index is -1.44. The highest BCUT2D eigenvalue weighted by atomic mass is 32.1. The molecule has 2 aromatic rings. The second kappa shape index (κ2) is 4.33. The molecule has 0 saturated carbocycles. The highest BCUT2D eigenvalue weighted by molar-refractivity contribution is 7.27. The maximum atomic E-state index is 9.08. The first-order chi connectivity index (χ1) is 7.65. The second-order valence-electron chi connectivity index (χ2n) is 3.27. The standard InChI is InChI=1S/C10H11BO4S/c1-14-7-3-6-4-10(11(12)13)16-9(6)5-8(7)15-2/h3-5,12-13H,1-2H3. The van der Waals surface area contributed by atoms with Gasteiger partial charge in [-0.25, -0.2) is 0 Å². The van der Waals surface area contributed by atoms with Crippen LogP contribution in [0.1, 0.15) is 0 Å². The highest BCUT2D eigenvalue weighted by Crippen LogP contribution is 2.33. The van der Waals surface area contributed by atoms with Crippen molar-refractivity contribution in [1.82, 2.24) is 0 Å². The molecule has 0 aliphatic heterocycles. The van der Waals surface area contributed by atoms with Gasteiger partial charge in [0.15, 0.2) is 11.5 Å². The SMILES string of the molecule is COc1cc2cc(B(O)O)sc2cc1OC. The molecule has 6 heteroatoms. The number of thiophene rings is 1. The zero-order valence-electron chi connectivity index (χ0n) is 8.93. The van der Waals surface area contributed by atoms with Crippen molar-refractivity contribution in [1.29, 1.82) is 0 Å². The van der Waals surface area contributed by atoms with E-state index < -0.39 is 7.12 Å². The van der Waals surface area contributed by atoms with Gasteiger partial charge in [-0.1, -0.05) is 0 Å². The summed E-state index contributed by atoms with van der Waals surface area (Å²) >= 11 is 1.32. The predicted molar refractivity (Wildman–Crippen MR) is 64.8 cm³/mol. The number of methoxy groups -OCH3 is 2. The zero-order valence-corrected chi connectivity index (χ0v) is 9.75. The molecule has 16 heavy (non-hydrogen) atoms. The van der Waals surface area contributed by atoms with Gasteiger partial charge in [0, 0.05) is 15.5 Å². The summed E-state index contributed by atoms with van der Waals surface area (Å²) in [6.45, 7) is 0. The fourth-order valence-electron chi connectivity index (χ4n) is 1.51. The van der Waals surface area contributed by atoms with Crippen LogP contribution < -0.4 is 14.3 Å². The largest absolute Gasteiger partial charge is 0.499 e. The second-order valence-corrected chi connectivity index (χ2v) is 4.38. The van der Waals surface area contributed by atoms with Gasteiger partial charge in [0.1, 0.15) is 0 Å². The summed E-state index contributed by atoms with van der Waals surface area (Å²) in [5.74, 6) is 1.27. The minimum Gasteiger partial charge on any atom is -0.493 e. The monoisotopic (exact) mass is 238 g/mol. The quantitative estimate of drug-likeness (QED) is 0.768. The fraction of sp³-hybridized carbons (Fsp3) is 0.200. The smallest absolute Gasteiger partial charge is 0.493 e. The van der Waals surface area contributed by atoms with Crippen molar-refractivity contribution >= 4 is 33.3 Å². The Hall–Kier alpha value is -1.24. The average molecular weight is 238 g/mol. The first kappa shape index (κ1) is 11.3. The van der Waals surface area contributed by atoms with E-state index >= 15 is 0 Å². The fourth-order valence-corrected chi connectivity index (χ4v) is 2.46. The van der Waals surface area contributed by atoms with Crippen LogP contribution in [0.4, 0.5) is 0 Å². The molecule has 4 nitrogen and oxygen atoms in total. The maximum absolute atomic E-state index is 9.08. The molecule has 0 unspecified atom stereocenters. The van der Waals surface area contributed by atoms with Crippen LogP contribution in [-0.4, -0.2) is 31.4 Å². The maximum Gasteiger partial charge on any atom is 0.499 e. The first-order valence-corrected chi connectivity index (χ1v) is 5.49. The Morgan fingerprint density at radius 2 is 1.69 bits per heavy atom. The van der Waals surface area contributed by atoms with Crippen molar-refractivity contribution in [2.24, 2.45) is 0 Å². The molecular weight excluding hydrogens is 227 g/mol. The van der Waals surface area contributed by atoms with E-state index in [1.165, 1.54) is 11.3 Å². The summed E-state index contributed by atoms with van der Waals surface area (Å²) < 4.78 is 11.8. The molecule has 0 aliphatic carbocycles. The summed E-state index contributed by atoms with van der Waals surface area (Å²) in [6, 6.07) is 5.37. The van der Waals surface area contributed by atoms with E-state index in [-0.39, 0.29) is 0 Å². The molecule has 0 atom stereocenters. The van der Waals surface area contributed by atoms with Crippen LogP contribution in [0.25, 0.3) is 10.1 Å². The number of hydrogen-bond donors (Lipinski definition) is 2. The van der Waals surface area contributed by atoms with Crippen LogP contribution in [0.5, 0.6) is 11.5 Å². The Morgan fingerprint density at radius 1 is 1.06 bits per heavy atom. The van der Waals surface area contributed by atoms with Gasteiger partial charge in [-0.2, -0.15) is 0 Å². The molecular formula is C10H11BO4S. The lowest BCUT2D eigenvalue weighted by Gasteiger charge is -2.06. The molecule has 0 aliphatic rings. The molecule has 0 fully saturated rings. The summed E-state index contributed by atoms with van der Waals surface area (Å²) in [5, 5.41) is 19.1. The predicted octanol–water partition coefficient (Wildman–Crippen LogP) is 0.598. The van der Waals surface area contributed by atoms with Crippen LogP contribution in [0.15, 0.2) is 18.2 Å². The van der Waals surface area contributed by atoms with Crippen molar-refractivity contribution in [3.63, 3.8) is 0 Å². The van der Waals surface area contributed by atoms with Gasteiger partial charge in [-0.05, 0) is 17.5 Å². The number of rotatable bonds is 3. The molecule has 0 bridgehead atoms. The third kappa shape index (κ3) is 1.87. The van der Waals surface area contributed by atoms with Crippen LogP contribution in [0.3, 0.4) is 0 Å². The van der Waals surface area contributed by atoms with Crippen LogP contribution in [0, 0.1) is 0 Å². The van der Waals surface area contributed by atoms with Crippen molar-refractivity contribution in [3.8, 4) is 11.5 Å². The van der Waals surface area contributed by atoms with Crippen molar-refractivity contribution < 1.29 is 19.5 Å². The third-order valence-corrected chi connectivity index (χ3v) is 3.43. The molecule has 1 aromatic heterocycles. The lowest BCUT2D eigenvalue weighted by molar-refractivity contribution is 0.356. The molecule has 0 amide bonds. The van der Waals surface area contributed by atoms with E-state index in [9.17, 15) is 0 Å². The van der Waals surface area contributed by atoms with E-state index in [0.717, 1.165) is 10.1 Å². The summed E-state index contributed by atoms with van der Waals surface area (Å²) in [6.07, 6.45) is 0. The number of benzene rings is 1. The van der Waals surface area contributed by atoms with Crippen LogP contribution in [-0.2, 0) is 0 Å². The molecule has 0 radical (unpaired) electrons. The van der Waals surface area contributed by atoms with Gasteiger partial charge in [0.05, 0.1) is 14.2 Å². The van der Waals surface area contributed by atoms with E-state index in [1.54, 1.807) is 20.3 Å². The molecule has 2 N–H and O–H groups in total. The van der Waals surface area contributed by atoms with Crippen LogP contribution >= 0.6 is 11.3 Å². The summed E-state index contributed by atoms with van der Waals surface area (Å²) in [4.78, 5) is 0. The van der Waals surface area contributed by atoms with E-state index in [4.69, 9.17) is 19.5 Å². The third-order valence-electron chi connectivity index (χ3n) is 2.30.